The molecule has 0 spiro atoms. The minimum Gasteiger partial charge on any atom is -0.391 e. The lowest BCUT2D eigenvalue weighted by Gasteiger charge is -2.15. The van der Waals surface area contributed by atoms with E-state index in [0.29, 0.717) is 23.2 Å². The van der Waals surface area contributed by atoms with Crippen LogP contribution < -0.4 is 5.73 Å². The van der Waals surface area contributed by atoms with Gasteiger partial charge >= 0.3 is 0 Å². The van der Waals surface area contributed by atoms with Gasteiger partial charge in [-0.15, -0.1) is 5.10 Å². The summed E-state index contributed by atoms with van der Waals surface area (Å²) >= 11 is 5.96. The number of nitrogen functional groups attached to an aromatic ring is 1. The van der Waals surface area contributed by atoms with Crippen molar-refractivity contribution >= 4 is 23.1 Å². The standard InChI is InChI=1S/C9H12ClN5.C5H10O2/c1-5(2)3-7-13-8(10)6-4-12-9(11)14-15(6)7;6-5-2-1-3-7-4-5/h4-5H,3H2,1-2H3,(H2,11,14);5-6H,1-4H2. The Labute approximate surface area is 134 Å². The topological polar surface area (TPSA) is 98.6 Å². The van der Waals surface area contributed by atoms with E-state index < -0.39 is 0 Å². The Kier molecular flexibility index (Phi) is 5.93. The predicted molar refractivity (Wildman–Crippen MR) is 84.8 cm³/mol. The molecule has 0 radical (unpaired) electrons. The van der Waals surface area contributed by atoms with Gasteiger partial charge < -0.3 is 15.6 Å². The Bertz CT molecular complexity index is 611. The molecule has 0 saturated carbocycles. The van der Waals surface area contributed by atoms with E-state index in [1.807, 2.05) is 0 Å². The molecule has 1 saturated heterocycles. The Morgan fingerprint density at radius 2 is 2.32 bits per heavy atom. The van der Waals surface area contributed by atoms with Crippen LogP contribution in [0.1, 0.15) is 32.5 Å². The number of imidazole rings is 1. The molecule has 8 heteroatoms. The first kappa shape index (κ1) is 16.9. The van der Waals surface area contributed by atoms with Crippen LogP contribution in [0.3, 0.4) is 0 Å². The second-order valence-corrected chi connectivity index (χ2v) is 6.06. The van der Waals surface area contributed by atoms with Crippen LogP contribution in [-0.2, 0) is 11.2 Å². The fourth-order valence-corrected chi connectivity index (χ4v) is 2.37. The van der Waals surface area contributed by atoms with Crippen molar-refractivity contribution in [2.45, 2.75) is 39.2 Å². The van der Waals surface area contributed by atoms with Crippen LogP contribution >= 0.6 is 11.6 Å². The zero-order chi connectivity index (χ0) is 16.1. The molecule has 2 aromatic heterocycles. The van der Waals surface area contributed by atoms with Crippen LogP contribution in [0, 0.1) is 5.92 Å². The number of ether oxygens (including phenoxy) is 1. The molecule has 0 aliphatic carbocycles. The van der Waals surface area contributed by atoms with Gasteiger partial charge in [0.05, 0.1) is 18.9 Å². The van der Waals surface area contributed by atoms with Gasteiger partial charge in [-0.05, 0) is 18.8 Å². The number of hydrogen-bond acceptors (Lipinski definition) is 6. The van der Waals surface area contributed by atoms with Crippen molar-refractivity contribution in [3.05, 3.63) is 17.2 Å². The first-order valence-electron chi connectivity index (χ1n) is 7.38. The predicted octanol–water partition coefficient (Wildman–Crippen LogP) is 1.72. The third-order valence-electron chi connectivity index (χ3n) is 3.16. The highest BCUT2D eigenvalue weighted by molar-refractivity contribution is 6.32. The van der Waals surface area contributed by atoms with Gasteiger partial charge in [-0.25, -0.2) is 14.5 Å². The molecule has 1 aliphatic rings. The Hall–Kier alpha value is -1.44. The van der Waals surface area contributed by atoms with E-state index in [4.69, 9.17) is 27.2 Å². The summed E-state index contributed by atoms with van der Waals surface area (Å²) in [5.41, 5.74) is 6.21. The number of aliphatic hydroxyl groups excluding tert-OH is 1. The number of anilines is 1. The molecular weight excluding hydrogens is 306 g/mol. The fraction of sp³-hybridized carbons (Fsp3) is 0.643. The van der Waals surface area contributed by atoms with Crippen molar-refractivity contribution in [1.82, 2.24) is 19.6 Å². The van der Waals surface area contributed by atoms with Crippen LogP contribution in [0.2, 0.25) is 5.15 Å². The first-order chi connectivity index (χ1) is 10.5. The van der Waals surface area contributed by atoms with E-state index in [0.717, 1.165) is 31.7 Å². The molecule has 3 heterocycles. The normalized spacial score (nSPS) is 18.3. The van der Waals surface area contributed by atoms with Gasteiger partial charge in [0.2, 0.25) is 5.95 Å². The summed E-state index contributed by atoms with van der Waals surface area (Å²) in [6.45, 7) is 5.59. The van der Waals surface area contributed by atoms with Crippen molar-refractivity contribution in [2.24, 2.45) is 5.92 Å². The Balaban J connectivity index is 0.000000211. The minimum absolute atomic E-state index is 0.186. The van der Waals surface area contributed by atoms with Crippen LogP contribution in [0.4, 0.5) is 5.95 Å². The van der Waals surface area contributed by atoms with Gasteiger partial charge in [-0.3, -0.25) is 0 Å². The molecule has 0 aromatic carbocycles. The molecule has 0 amide bonds. The van der Waals surface area contributed by atoms with Gasteiger partial charge in [0.25, 0.3) is 0 Å². The number of aromatic nitrogens is 4. The lowest BCUT2D eigenvalue weighted by atomic mass is 10.1. The maximum atomic E-state index is 8.78. The number of nitrogens with zero attached hydrogens (tertiary/aromatic N) is 4. The number of aliphatic hydroxyl groups is 1. The van der Waals surface area contributed by atoms with E-state index in [1.54, 1.807) is 10.7 Å². The molecule has 22 heavy (non-hydrogen) atoms. The molecule has 0 bridgehead atoms. The van der Waals surface area contributed by atoms with E-state index in [1.165, 1.54) is 0 Å². The molecule has 1 atom stereocenters. The summed E-state index contributed by atoms with van der Waals surface area (Å²) in [6.07, 6.45) is 4.14. The SMILES string of the molecule is CC(C)Cc1nc(Cl)c2cnc(N)nn12.OC1CCCOC1. The number of halogens is 1. The summed E-state index contributed by atoms with van der Waals surface area (Å²) in [5, 5.41) is 13.3. The van der Waals surface area contributed by atoms with Gasteiger partial charge in [0, 0.05) is 13.0 Å². The van der Waals surface area contributed by atoms with Gasteiger partial charge in [0.1, 0.15) is 11.3 Å². The summed E-state index contributed by atoms with van der Waals surface area (Å²) < 4.78 is 6.59. The molecular formula is C14H22ClN5O2. The van der Waals surface area contributed by atoms with E-state index in [-0.39, 0.29) is 12.1 Å². The first-order valence-corrected chi connectivity index (χ1v) is 7.76. The zero-order valence-corrected chi connectivity index (χ0v) is 13.6. The van der Waals surface area contributed by atoms with Crippen molar-refractivity contribution in [3.8, 4) is 0 Å². The highest BCUT2D eigenvalue weighted by Crippen LogP contribution is 2.18. The monoisotopic (exact) mass is 327 g/mol. The van der Waals surface area contributed by atoms with E-state index >= 15 is 0 Å². The van der Waals surface area contributed by atoms with Crippen LogP contribution in [0.5, 0.6) is 0 Å². The minimum atomic E-state index is -0.186. The number of rotatable bonds is 2. The summed E-state index contributed by atoms with van der Waals surface area (Å²) in [6, 6.07) is 0. The quantitative estimate of drug-likeness (QED) is 0.871. The third-order valence-corrected chi connectivity index (χ3v) is 3.44. The Morgan fingerprint density at radius 3 is 2.86 bits per heavy atom. The molecule has 122 valence electrons. The van der Waals surface area contributed by atoms with Crippen molar-refractivity contribution < 1.29 is 9.84 Å². The van der Waals surface area contributed by atoms with Crippen molar-refractivity contribution in [3.63, 3.8) is 0 Å². The maximum absolute atomic E-state index is 8.78. The molecule has 1 aliphatic heterocycles. The summed E-state index contributed by atoms with van der Waals surface area (Å²) in [7, 11) is 0. The molecule has 3 rings (SSSR count). The Morgan fingerprint density at radius 1 is 1.55 bits per heavy atom. The number of fused-ring (bicyclic) bond motifs is 1. The molecule has 7 nitrogen and oxygen atoms in total. The van der Waals surface area contributed by atoms with Gasteiger partial charge in [-0.1, -0.05) is 25.4 Å². The molecule has 3 N–H and O–H groups in total. The lowest BCUT2D eigenvalue weighted by molar-refractivity contribution is -0.00535. The molecule has 2 aromatic rings. The van der Waals surface area contributed by atoms with E-state index in [9.17, 15) is 0 Å². The molecule has 1 fully saturated rings. The molecule has 1 unspecified atom stereocenters. The highest BCUT2D eigenvalue weighted by Gasteiger charge is 2.12. The maximum Gasteiger partial charge on any atom is 0.238 e. The van der Waals surface area contributed by atoms with Crippen LogP contribution in [0.25, 0.3) is 5.52 Å². The highest BCUT2D eigenvalue weighted by atomic mass is 35.5. The van der Waals surface area contributed by atoms with E-state index in [2.05, 4.69) is 28.9 Å². The fourth-order valence-electron chi connectivity index (χ4n) is 2.14. The third kappa shape index (κ3) is 4.53. The lowest BCUT2D eigenvalue weighted by Crippen LogP contribution is -2.21. The summed E-state index contributed by atoms with van der Waals surface area (Å²) in [4.78, 5) is 8.12. The average Bonchev–Trinajstić information content (AvgIpc) is 2.75. The largest absolute Gasteiger partial charge is 0.391 e. The van der Waals surface area contributed by atoms with Gasteiger partial charge in [-0.2, -0.15) is 0 Å². The smallest absolute Gasteiger partial charge is 0.238 e. The average molecular weight is 328 g/mol. The zero-order valence-electron chi connectivity index (χ0n) is 12.9. The number of hydrogen-bond donors (Lipinski definition) is 2. The van der Waals surface area contributed by atoms with Crippen LogP contribution in [0.15, 0.2) is 6.20 Å². The van der Waals surface area contributed by atoms with Crippen molar-refractivity contribution in [1.29, 1.82) is 0 Å². The second-order valence-electron chi connectivity index (χ2n) is 5.70. The number of nitrogens with two attached hydrogens (primary N) is 1. The van der Waals surface area contributed by atoms with Gasteiger partial charge in [0.15, 0.2) is 5.15 Å². The second kappa shape index (κ2) is 7.71. The summed E-state index contributed by atoms with van der Waals surface area (Å²) in [5.74, 6) is 1.53. The van der Waals surface area contributed by atoms with Crippen molar-refractivity contribution in [2.75, 3.05) is 18.9 Å². The van der Waals surface area contributed by atoms with Crippen LogP contribution in [-0.4, -0.2) is 44.0 Å².